The Hall–Kier alpha value is -4.52. The molecule has 1 aliphatic rings. The van der Waals surface area contributed by atoms with Crippen LogP contribution in [-0.4, -0.2) is 59.8 Å². The Morgan fingerprint density at radius 2 is 1.85 bits per heavy atom. The molecule has 1 saturated heterocycles. The minimum Gasteiger partial charge on any atom is -0.470 e. The van der Waals surface area contributed by atoms with Gasteiger partial charge in [-0.25, -0.2) is 27.1 Å². The molecule has 1 unspecified atom stereocenters. The van der Waals surface area contributed by atoms with Crippen molar-refractivity contribution >= 4 is 17.5 Å². The SMILES string of the molecule is CNC(=O)c1cc(-c2cnc3cc(-c4ccc(C(=O)NC)c(F)c4)c(OC4CCOC4)nn23)c(F)c(C(F)F)c1. The smallest absolute Gasteiger partial charge is 0.266 e. The predicted octanol–water partition coefficient (Wildman–Crippen LogP) is 4.17. The highest BCUT2D eigenvalue weighted by molar-refractivity contribution is 5.96. The third-order valence-corrected chi connectivity index (χ3v) is 6.48. The highest BCUT2D eigenvalue weighted by Crippen LogP contribution is 2.36. The average molecular weight is 558 g/mol. The lowest BCUT2D eigenvalue weighted by Crippen LogP contribution is -2.19. The van der Waals surface area contributed by atoms with Crippen molar-refractivity contribution in [2.24, 2.45) is 0 Å². The lowest BCUT2D eigenvalue weighted by Gasteiger charge is -2.16. The molecule has 0 aliphatic carbocycles. The summed E-state index contributed by atoms with van der Waals surface area (Å²) in [5.74, 6) is -3.26. The Bertz CT molecular complexity index is 1620. The number of halogens is 4. The summed E-state index contributed by atoms with van der Waals surface area (Å²) >= 11 is 0. The molecule has 1 fully saturated rings. The summed E-state index contributed by atoms with van der Waals surface area (Å²) in [5, 5.41) is 9.19. The van der Waals surface area contributed by atoms with Gasteiger partial charge in [0.05, 0.1) is 36.2 Å². The number of rotatable bonds is 7. The number of carbonyl (C=O) groups is 2. The van der Waals surface area contributed by atoms with Gasteiger partial charge in [-0.15, -0.1) is 5.10 Å². The van der Waals surface area contributed by atoms with Gasteiger partial charge in [0.25, 0.3) is 18.2 Å². The first-order valence-electron chi connectivity index (χ1n) is 12.2. The van der Waals surface area contributed by atoms with Crippen molar-refractivity contribution < 1.29 is 36.6 Å². The van der Waals surface area contributed by atoms with Crippen LogP contribution in [0, 0.1) is 11.6 Å². The fourth-order valence-corrected chi connectivity index (χ4v) is 4.41. The Balaban J connectivity index is 1.69. The van der Waals surface area contributed by atoms with Crippen molar-refractivity contribution in [3.05, 3.63) is 70.9 Å². The number of nitrogens with zero attached hydrogens (tertiary/aromatic N) is 3. The van der Waals surface area contributed by atoms with E-state index >= 15 is 4.39 Å². The zero-order valence-electron chi connectivity index (χ0n) is 21.3. The van der Waals surface area contributed by atoms with Crippen LogP contribution in [0.25, 0.3) is 28.0 Å². The third kappa shape index (κ3) is 4.95. The van der Waals surface area contributed by atoms with Crippen molar-refractivity contribution in [2.75, 3.05) is 27.3 Å². The molecule has 0 spiro atoms. The predicted molar refractivity (Wildman–Crippen MR) is 135 cm³/mol. The summed E-state index contributed by atoms with van der Waals surface area (Å²) in [6.45, 7) is 0.738. The molecular weight excluding hydrogens is 534 g/mol. The second kappa shape index (κ2) is 10.9. The van der Waals surface area contributed by atoms with E-state index in [1.54, 1.807) is 0 Å². The fraction of sp³-hybridized carbons (Fsp3) is 0.259. The van der Waals surface area contributed by atoms with Crippen LogP contribution in [0.1, 0.15) is 39.1 Å². The molecule has 3 heterocycles. The Labute approximate surface area is 225 Å². The van der Waals surface area contributed by atoms with Crippen LogP contribution in [0.2, 0.25) is 0 Å². The number of nitrogens with one attached hydrogen (secondary N) is 2. The first-order valence-corrected chi connectivity index (χ1v) is 12.2. The van der Waals surface area contributed by atoms with Crippen LogP contribution in [0.4, 0.5) is 17.6 Å². The van der Waals surface area contributed by atoms with Crippen molar-refractivity contribution in [1.29, 1.82) is 0 Å². The molecule has 0 radical (unpaired) electrons. The van der Waals surface area contributed by atoms with E-state index in [4.69, 9.17) is 9.47 Å². The second-order valence-corrected chi connectivity index (χ2v) is 8.96. The molecule has 2 amide bonds. The molecule has 5 rings (SSSR count). The summed E-state index contributed by atoms with van der Waals surface area (Å²) in [4.78, 5) is 28.4. The number of aromatic nitrogens is 3. The maximum Gasteiger partial charge on any atom is 0.266 e. The van der Waals surface area contributed by atoms with E-state index < -0.39 is 35.4 Å². The fourth-order valence-electron chi connectivity index (χ4n) is 4.41. The van der Waals surface area contributed by atoms with Crippen LogP contribution in [-0.2, 0) is 4.74 Å². The average Bonchev–Trinajstić information content (AvgIpc) is 3.61. The number of imidazole rings is 1. The standard InChI is InChI=1S/C27H23F4N5O4/c1-32-25(37)14-7-18(23(29)19(8-14)24(30)31)21-11-34-22-10-17(13-3-4-16(20(28)9-13)26(38)33-2)27(35-36(21)22)40-15-5-6-39-12-15/h3-4,7-11,15,24H,5-6,12H2,1-2H3,(H,32,37)(H,33,38). The van der Waals surface area contributed by atoms with Gasteiger partial charge in [0, 0.05) is 37.2 Å². The molecular formula is C27H23F4N5O4. The first kappa shape index (κ1) is 27.1. The van der Waals surface area contributed by atoms with E-state index in [0.717, 1.165) is 18.2 Å². The minimum atomic E-state index is -3.18. The summed E-state index contributed by atoms with van der Waals surface area (Å²) in [7, 11) is 2.71. The number of hydrogen-bond acceptors (Lipinski definition) is 6. The largest absolute Gasteiger partial charge is 0.470 e. The highest BCUT2D eigenvalue weighted by atomic mass is 19.3. The van der Waals surface area contributed by atoms with Gasteiger partial charge in [0.2, 0.25) is 5.88 Å². The van der Waals surface area contributed by atoms with E-state index in [2.05, 4.69) is 20.7 Å². The molecule has 2 aromatic heterocycles. The van der Waals surface area contributed by atoms with Crippen LogP contribution < -0.4 is 15.4 Å². The Morgan fingerprint density at radius 3 is 2.50 bits per heavy atom. The molecule has 13 heteroatoms. The number of ether oxygens (including phenoxy) is 2. The molecule has 40 heavy (non-hydrogen) atoms. The number of alkyl halides is 2. The maximum atomic E-state index is 15.3. The monoisotopic (exact) mass is 557 g/mol. The molecule has 1 aliphatic heterocycles. The molecule has 208 valence electrons. The summed E-state index contributed by atoms with van der Waals surface area (Å²) in [6, 6.07) is 7.44. The normalized spacial score (nSPS) is 15.0. The van der Waals surface area contributed by atoms with Gasteiger partial charge in [0.1, 0.15) is 17.7 Å². The molecule has 1 atom stereocenters. The van der Waals surface area contributed by atoms with E-state index in [0.29, 0.717) is 24.2 Å². The van der Waals surface area contributed by atoms with Crippen molar-refractivity contribution in [3.63, 3.8) is 0 Å². The van der Waals surface area contributed by atoms with Crippen molar-refractivity contribution in [1.82, 2.24) is 25.2 Å². The number of amides is 2. The van der Waals surface area contributed by atoms with Gasteiger partial charge in [-0.05, 0) is 35.9 Å². The van der Waals surface area contributed by atoms with Gasteiger partial charge in [0.15, 0.2) is 5.65 Å². The topological polar surface area (TPSA) is 107 Å². The molecule has 9 nitrogen and oxygen atoms in total. The zero-order valence-corrected chi connectivity index (χ0v) is 21.3. The molecule has 0 saturated carbocycles. The highest BCUT2D eigenvalue weighted by Gasteiger charge is 2.26. The molecule has 2 N–H and O–H groups in total. The van der Waals surface area contributed by atoms with E-state index in [1.165, 1.54) is 43.0 Å². The Kier molecular flexibility index (Phi) is 7.39. The van der Waals surface area contributed by atoms with Gasteiger partial charge in [-0.1, -0.05) is 6.07 Å². The third-order valence-electron chi connectivity index (χ3n) is 6.48. The van der Waals surface area contributed by atoms with E-state index in [9.17, 15) is 22.8 Å². The second-order valence-electron chi connectivity index (χ2n) is 8.96. The van der Waals surface area contributed by atoms with Gasteiger partial charge < -0.3 is 20.1 Å². The van der Waals surface area contributed by atoms with Crippen LogP contribution in [0.3, 0.4) is 0 Å². The lowest BCUT2D eigenvalue weighted by atomic mass is 10.0. The number of benzene rings is 2. The number of carbonyl (C=O) groups excluding carboxylic acids is 2. The van der Waals surface area contributed by atoms with Crippen LogP contribution in [0.15, 0.2) is 42.6 Å². The van der Waals surface area contributed by atoms with Crippen molar-refractivity contribution in [3.8, 4) is 28.3 Å². The first-order chi connectivity index (χ1) is 19.2. The summed E-state index contributed by atoms with van der Waals surface area (Å²) in [5.41, 5.74) is -0.796. The van der Waals surface area contributed by atoms with E-state index in [-0.39, 0.29) is 46.6 Å². The summed E-state index contributed by atoms with van der Waals surface area (Å²) < 4.78 is 70.1. The Morgan fingerprint density at radius 1 is 1.07 bits per heavy atom. The van der Waals surface area contributed by atoms with Gasteiger partial charge in [-0.2, -0.15) is 0 Å². The molecule has 2 aromatic carbocycles. The van der Waals surface area contributed by atoms with Gasteiger partial charge in [-0.3, -0.25) is 9.59 Å². The number of fused-ring (bicyclic) bond motifs is 1. The zero-order chi connectivity index (χ0) is 28.6. The van der Waals surface area contributed by atoms with Crippen LogP contribution >= 0.6 is 0 Å². The van der Waals surface area contributed by atoms with E-state index in [1.807, 2.05) is 0 Å². The number of hydrogen-bond donors (Lipinski definition) is 2. The quantitative estimate of drug-likeness (QED) is 0.331. The molecule has 0 bridgehead atoms. The minimum absolute atomic E-state index is 0.0135. The van der Waals surface area contributed by atoms with Crippen LogP contribution in [0.5, 0.6) is 5.88 Å². The molecule has 4 aromatic rings. The lowest BCUT2D eigenvalue weighted by molar-refractivity contribution is 0.0952. The maximum absolute atomic E-state index is 15.3. The summed E-state index contributed by atoms with van der Waals surface area (Å²) in [6.07, 6.45) is -1.79. The van der Waals surface area contributed by atoms with Crippen molar-refractivity contribution in [2.45, 2.75) is 19.0 Å². The van der Waals surface area contributed by atoms with Gasteiger partial charge >= 0.3 is 0 Å².